The van der Waals surface area contributed by atoms with E-state index in [1.165, 1.54) is 25.1 Å². The first kappa shape index (κ1) is 22.7. The number of ether oxygens (including phenoxy) is 2. The summed E-state index contributed by atoms with van der Waals surface area (Å²) in [6, 6.07) is 11.1. The quantitative estimate of drug-likeness (QED) is 0.415. The van der Waals surface area contributed by atoms with E-state index in [0.29, 0.717) is 17.5 Å². The first-order chi connectivity index (χ1) is 17.0. The summed E-state index contributed by atoms with van der Waals surface area (Å²) in [6.45, 7) is 4.05. The van der Waals surface area contributed by atoms with Crippen molar-refractivity contribution in [3.8, 4) is 0 Å². The van der Waals surface area contributed by atoms with Gasteiger partial charge in [-0.15, -0.1) is 0 Å². The summed E-state index contributed by atoms with van der Waals surface area (Å²) in [4.78, 5) is 26.2. The van der Waals surface area contributed by atoms with Gasteiger partial charge in [-0.3, -0.25) is 0 Å². The van der Waals surface area contributed by atoms with Gasteiger partial charge in [0.2, 0.25) is 0 Å². The Labute approximate surface area is 203 Å². The number of hydrogen-bond acceptors (Lipinski definition) is 6. The van der Waals surface area contributed by atoms with Crippen LogP contribution in [0.15, 0.2) is 106 Å². The molecule has 2 aliphatic carbocycles. The van der Waals surface area contributed by atoms with Crippen molar-refractivity contribution in [2.75, 3.05) is 0 Å². The third-order valence-electron chi connectivity index (χ3n) is 6.78. The van der Waals surface area contributed by atoms with Crippen molar-refractivity contribution in [3.63, 3.8) is 0 Å². The number of carbonyl (C=O) groups is 2. The number of rotatable bonds is 5. The summed E-state index contributed by atoms with van der Waals surface area (Å²) in [5, 5.41) is 0. The van der Waals surface area contributed by atoms with Gasteiger partial charge in [-0.05, 0) is 42.2 Å². The van der Waals surface area contributed by atoms with E-state index < -0.39 is 24.1 Å². The molecular formula is C29H26O6. The highest BCUT2D eigenvalue weighted by Crippen LogP contribution is 2.47. The highest BCUT2D eigenvalue weighted by Gasteiger charge is 2.47. The van der Waals surface area contributed by atoms with Gasteiger partial charge in [0.05, 0.1) is 29.6 Å². The second-order valence-electron chi connectivity index (χ2n) is 8.86. The molecule has 0 spiro atoms. The van der Waals surface area contributed by atoms with E-state index in [9.17, 15) is 9.59 Å². The summed E-state index contributed by atoms with van der Waals surface area (Å²) in [6.07, 6.45) is 13.0. The van der Waals surface area contributed by atoms with Crippen LogP contribution >= 0.6 is 0 Å². The average Bonchev–Trinajstić information content (AvgIpc) is 3.54. The Morgan fingerprint density at radius 2 is 1.54 bits per heavy atom. The predicted molar refractivity (Wildman–Crippen MR) is 129 cm³/mol. The van der Waals surface area contributed by atoms with Crippen LogP contribution in [0.3, 0.4) is 0 Å². The largest absolute Gasteiger partial charge is 0.472 e. The van der Waals surface area contributed by atoms with Crippen LogP contribution in [0.25, 0.3) is 0 Å². The predicted octanol–water partition coefficient (Wildman–Crippen LogP) is 6.18. The number of allylic oxidation sites excluding steroid dienone is 4. The molecule has 4 atom stereocenters. The number of benzene rings is 1. The molecule has 2 aromatic heterocycles. The monoisotopic (exact) mass is 470 g/mol. The van der Waals surface area contributed by atoms with Crippen molar-refractivity contribution in [2.45, 2.75) is 38.4 Å². The molecular weight excluding hydrogens is 444 g/mol. The Hall–Kier alpha value is -4.06. The van der Waals surface area contributed by atoms with E-state index in [1.54, 1.807) is 12.1 Å². The minimum absolute atomic E-state index is 0.185. The number of hydrogen-bond donors (Lipinski definition) is 0. The van der Waals surface area contributed by atoms with Crippen LogP contribution in [0.5, 0.6) is 0 Å². The van der Waals surface area contributed by atoms with Gasteiger partial charge in [0.1, 0.15) is 18.6 Å². The summed E-state index contributed by atoms with van der Waals surface area (Å²) in [5.41, 5.74) is 4.94. The second-order valence-corrected chi connectivity index (χ2v) is 8.86. The molecule has 3 aromatic rings. The molecule has 0 radical (unpaired) electrons. The van der Waals surface area contributed by atoms with Crippen molar-refractivity contribution in [1.82, 2.24) is 0 Å². The molecule has 2 heterocycles. The van der Waals surface area contributed by atoms with Crippen molar-refractivity contribution >= 4 is 11.9 Å². The van der Waals surface area contributed by atoms with Gasteiger partial charge in [-0.1, -0.05) is 61.1 Å². The van der Waals surface area contributed by atoms with Crippen LogP contribution in [0.1, 0.15) is 51.1 Å². The zero-order valence-electron chi connectivity index (χ0n) is 19.5. The van der Waals surface area contributed by atoms with Crippen LogP contribution < -0.4 is 0 Å². The molecule has 0 bridgehead atoms. The van der Waals surface area contributed by atoms with Gasteiger partial charge in [0.15, 0.2) is 6.10 Å². The molecule has 0 saturated heterocycles. The summed E-state index contributed by atoms with van der Waals surface area (Å²) in [5.74, 6) is -1.56. The average molecular weight is 471 g/mol. The van der Waals surface area contributed by atoms with E-state index >= 15 is 0 Å². The molecule has 6 nitrogen and oxygen atoms in total. The lowest BCUT2D eigenvalue weighted by Gasteiger charge is -2.43. The van der Waals surface area contributed by atoms with Crippen LogP contribution in [0, 0.1) is 12.8 Å². The lowest BCUT2D eigenvalue weighted by atomic mass is 9.69. The smallest absolute Gasteiger partial charge is 0.341 e. The molecule has 0 amide bonds. The first-order valence-corrected chi connectivity index (χ1v) is 11.6. The van der Waals surface area contributed by atoms with Gasteiger partial charge >= 0.3 is 11.9 Å². The standard InChI is InChI=1S/C29H26O6/c1-18-8-6-7-9-22(18)25-24-11-5-3-4-10-23(24)19(2)26(34-28(30)20-12-14-32-16-20)27(25)35-29(31)21-13-15-33-17-21/h3-9,11-17,19,25-27H,10H2,1-2H3/t19-,25-,26?,27?/m0/s1. The van der Waals surface area contributed by atoms with Crippen molar-refractivity contribution in [1.29, 1.82) is 0 Å². The molecule has 0 N–H and O–H groups in total. The fraction of sp³-hybridized carbons (Fsp3) is 0.241. The lowest BCUT2D eigenvalue weighted by Crippen LogP contribution is -2.48. The summed E-state index contributed by atoms with van der Waals surface area (Å²) >= 11 is 0. The molecule has 1 aromatic carbocycles. The molecule has 35 heavy (non-hydrogen) atoms. The molecule has 178 valence electrons. The minimum Gasteiger partial charge on any atom is -0.472 e. The number of aryl methyl sites for hydroxylation is 1. The van der Waals surface area contributed by atoms with Gasteiger partial charge in [-0.25, -0.2) is 9.59 Å². The zero-order valence-corrected chi connectivity index (χ0v) is 19.5. The van der Waals surface area contributed by atoms with Crippen LogP contribution in [-0.4, -0.2) is 24.1 Å². The number of carbonyl (C=O) groups excluding carboxylic acids is 2. The SMILES string of the molecule is Cc1ccccc1[C@H]1C2=C(CC=CC=C2)[C@H](C)C(OC(=O)c2ccoc2)C1OC(=O)c1ccoc1. The fourth-order valence-corrected chi connectivity index (χ4v) is 4.99. The van der Waals surface area contributed by atoms with Crippen molar-refractivity contribution in [2.24, 2.45) is 5.92 Å². The van der Waals surface area contributed by atoms with Gasteiger partial charge < -0.3 is 18.3 Å². The summed E-state index contributed by atoms with van der Waals surface area (Å²) < 4.78 is 22.4. The van der Waals surface area contributed by atoms with Crippen LogP contribution in [0.2, 0.25) is 0 Å². The maximum absolute atomic E-state index is 13.1. The number of furan rings is 2. The Morgan fingerprint density at radius 1 is 0.886 bits per heavy atom. The summed E-state index contributed by atoms with van der Waals surface area (Å²) in [7, 11) is 0. The third-order valence-corrected chi connectivity index (χ3v) is 6.78. The molecule has 0 saturated carbocycles. The normalized spacial score (nSPS) is 23.5. The Morgan fingerprint density at radius 3 is 2.17 bits per heavy atom. The Kier molecular flexibility index (Phi) is 6.27. The minimum atomic E-state index is -0.758. The Bertz CT molecular complexity index is 1290. The topological polar surface area (TPSA) is 78.9 Å². The molecule has 0 fully saturated rings. The lowest BCUT2D eigenvalue weighted by molar-refractivity contribution is -0.0593. The molecule has 5 rings (SSSR count). The fourth-order valence-electron chi connectivity index (χ4n) is 4.99. The van der Waals surface area contributed by atoms with Crippen molar-refractivity contribution in [3.05, 3.63) is 119 Å². The van der Waals surface area contributed by atoms with Crippen molar-refractivity contribution < 1.29 is 27.9 Å². The van der Waals surface area contributed by atoms with E-state index in [2.05, 4.69) is 12.2 Å². The van der Waals surface area contributed by atoms with E-state index in [1.807, 2.05) is 50.3 Å². The maximum Gasteiger partial charge on any atom is 0.341 e. The first-order valence-electron chi connectivity index (χ1n) is 11.6. The van der Waals surface area contributed by atoms with Gasteiger partial charge in [0, 0.05) is 5.92 Å². The molecule has 2 unspecified atom stereocenters. The van der Waals surface area contributed by atoms with Gasteiger partial charge in [0.25, 0.3) is 0 Å². The number of esters is 2. The maximum atomic E-state index is 13.1. The highest BCUT2D eigenvalue weighted by molar-refractivity contribution is 5.90. The second kappa shape index (κ2) is 9.66. The van der Waals surface area contributed by atoms with E-state index in [0.717, 1.165) is 22.3 Å². The Balaban J connectivity index is 1.63. The van der Waals surface area contributed by atoms with Gasteiger partial charge in [-0.2, -0.15) is 0 Å². The molecule has 6 heteroatoms. The van der Waals surface area contributed by atoms with Crippen LogP contribution in [-0.2, 0) is 9.47 Å². The highest BCUT2D eigenvalue weighted by atomic mass is 16.6. The molecule has 2 aliphatic rings. The van der Waals surface area contributed by atoms with Crippen LogP contribution in [0.4, 0.5) is 0 Å². The van der Waals surface area contributed by atoms with E-state index in [4.69, 9.17) is 18.3 Å². The molecule has 0 aliphatic heterocycles. The zero-order chi connectivity index (χ0) is 24.4. The third kappa shape index (κ3) is 4.39. The van der Waals surface area contributed by atoms with E-state index in [-0.39, 0.29) is 11.8 Å².